The Morgan fingerprint density at radius 3 is 2.21 bits per heavy atom. The van der Waals surface area contributed by atoms with Crippen molar-refractivity contribution >= 4 is 29.4 Å². The fourth-order valence-corrected chi connectivity index (χ4v) is 2.12. The lowest BCUT2D eigenvalue weighted by atomic mass is 10.2. The van der Waals surface area contributed by atoms with E-state index in [1.165, 1.54) is 0 Å². The van der Waals surface area contributed by atoms with Gasteiger partial charge in [0.25, 0.3) is 0 Å². The van der Waals surface area contributed by atoms with E-state index in [2.05, 4.69) is 12.2 Å². The van der Waals surface area contributed by atoms with Gasteiger partial charge >= 0.3 is 17.9 Å². The summed E-state index contributed by atoms with van der Waals surface area (Å²) in [5, 5.41) is 11.7. The van der Waals surface area contributed by atoms with Gasteiger partial charge in [-0.05, 0) is 30.7 Å². The van der Waals surface area contributed by atoms with Crippen molar-refractivity contribution in [1.29, 1.82) is 0 Å². The number of carboxylic acid groups (broad SMARTS) is 1. The van der Waals surface area contributed by atoms with Gasteiger partial charge in [0.1, 0.15) is 13.2 Å². The lowest BCUT2D eigenvalue weighted by molar-refractivity contribution is -0.151. The second kappa shape index (κ2) is 14.1. The number of Topliss-reactive ketones (excluding diaryl/α,β-unsaturated/α-hetero) is 1. The van der Waals surface area contributed by atoms with Crippen LogP contribution in [0.25, 0.3) is 0 Å². The number of hydrogen-bond donors (Lipinski definition) is 2. The van der Waals surface area contributed by atoms with E-state index < -0.39 is 30.1 Å². The summed E-state index contributed by atoms with van der Waals surface area (Å²) in [5.41, 5.74) is 1.39. The summed E-state index contributed by atoms with van der Waals surface area (Å²) in [4.78, 5) is 44.4. The number of anilines is 1. The topological polar surface area (TPSA) is 128 Å². The highest BCUT2D eigenvalue weighted by Crippen LogP contribution is 2.10. The van der Waals surface area contributed by atoms with Crippen molar-refractivity contribution in [2.45, 2.75) is 32.6 Å². The molecule has 0 atom stereocenters. The van der Waals surface area contributed by atoms with Crippen molar-refractivity contribution in [3.63, 3.8) is 0 Å². The second-order valence-electron chi connectivity index (χ2n) is 6.05. The van der Waals surface area contributed by atoms with Crippen LogP contribution in [0.1, 0.15) is 43.0 Å². The third kappa shape index (κ3) is 10.8. The van der Waals surface area contributed by atoms with Crippen LogP contribution < -0.4 is 5.32 Å². The molecule has 1 aromatic carbocycles. The first-order valence-electron chi connectivity index (χ1n) is 9.44. The van der Waals surface area contributed by atoms with Crippen LogP contribution in [0.3, 0.4) is 0 Å². The van der Waals surface area contributed by atoms with Crippen LogP contribution in [0, 0.1) is 0 Å². The summed E-state index contributed by atoms with van der Waals surface area (Å²) in [6.45, 7) is 3.24. The molecule has 0 unspecified atom stereocenters. The molecule has 0 aliphatic heterocycles. The SMILES string of the molecule is CCCCNc1ccc(C(=O)OCCOCCOC(=O)CCC(=O)C(=O)O)cc1. The predicted octanol–water partition coefficient (Wildman–Crippen LogP) is 2.05. The highest BCUT2D eigenvalue weighted by molar-refractivity contribution is 6.32. The van der Waals surface area contributed by atoms with Crippen LogP contribution in [-0.4, -0.2) is 61.8 Å². The van der Waals surface area contributed by atoms with E-state index in [0.29, 0.717) is 5.56 Å². The third-order valence-corrected chi connectivity index (χ3v) is 3.73. The molecule has 0 aromatic heterocycles. The maximum absolute atomic E-state index is 11.9. The molecule has 9 nitrogen and oxygen atoms in total. The van der Waals surface area contributed by atoms with Gasteiger partial charge in [-0.2, -0.15) is 0 Å². The van der Waals surface area contributed by atoms with Crippen molar-refractivity contribution in [2.75, 3.05) is 38.3 Å². The molecule has 0 aliphatic rings. The molecule has 2 N–H and O–H groups in total. The molecular formula is C20H27NO8. The molecule has 9 heteroatoms. The maximum atomic E-state index is 11.9. The van der Waals surface area contributed by atoms with E-state index in [4.69, 9.17) is 19.3 Å². The molecule has 0 radical (unpaired) electrons. The van der Waals surface area contributed by atoms with E-state index >= 15 is 0 Å². The molecule has 0 amide bonds. The molecule has 0 heterocycles. The zero-order valence-electron chi connectivity index (χ0n) is 16.5. The minimum Gasteiger partial charge on any atom is -0.476 e. The molecular weight excluding hydrogens is 382 g/mol. The molecule has 0 spiro atoms. The second-order valence-corrected chi connectivity index (χ2v) is 6.05. The maximum Gasteiger partial charge on any atom is 0.372 e. The average Bonchev–Trinajstić information content (AvgIpc) is 2.71. The predicted molar refractivity (Wildman–Crippen MR) is 104 cm³/mol. The molecule has 0 fully saturated rings. The van der Waals surface area contributed by atoms with Gasteiger partial charge < -0.3 is 24.6 Å². The molecule has 1 aromatic rings. The van der Waals surface area contributed by atoms with E-state index in [1.54, 1.807) is 12.1 Å². The number of benzene rings is 1. The van der Waals surface area contributed by atoms with Gasteiger partial charge in [0.05, 0.1) is 25.2 Å². The molecule has 0 saturated carbocycles. The normalized spacial score (nSPS) is 10.2. The number of nitrogens with one attached hydrogen (secondary N) is 1. The number of carbonyl (C=O) groups is 4. The van der Waals surface area contributed by atoms with Crippen molar-refractivity contribution in [1.82, 2.24) is 0 Å². The number of unbranched alkanes of at least 4 members (excludes halogenated alkanes) is 1. The summed E-state index contributed by atoms with van der Waals surface area (Å²) in [5.74, 6) is -3.75. The van der Waals surface area contributed by atoms with Crippen LogP contribution in [-0.2, 0) is 28.6 Å². The van der Waals surface area contributed by atoms with Gasteiger partial charge in [0.2, 0.25) is 5.78 Å². The van der Waals surface area contributed by atoms with Gasteiger partial charge in [-0.1, -0.05) is 13.3 Å². The van der Waals surface area contributed by atoms with Crippen LogP contribution >= 0.6 is 0 Å². The smallest absolute Gasteiger partial charge is 0.372 e. The Labute approximate surface area is 169 Å². The van der Waals surface area contributed by atoms with Crippen LogP contribution in [0.4, 0.5) is 5.69 Å². The molecule has 160 valence electrons. The lowest BCUT2D eigenvalue weighted by Gasteiger charge is -2.08. The first-order valence-corrected chi connectivity index (χ1v) is 9.44. The quantitative estimate of drug-likeness (QED) is 0.254. The van der Waals surface area contributed by atoms with E-state index in [-0.39, 0.29) is 32.8 Å². The number of carboxylic acids is 1. The number of hydrogen-bond acceptors (Lipinski definition) is 8. The highest BCUT2D eigenvalue weighted by Gasteiger charge is 2.14. The van der Waals surface area contributed by atoms with E-state index in [1.807, 2.05) is 12.1 Å². The van der Waals surface area contributed by atoms with Crippen LogP contribution in [0.15, 0.2) is 24.3 Å². The Kier molecular flexibility index (Phi) is 11.7. The number of ether oxygens (including phenoxy) is 3. The first kappa shape index (κ1) is 24.1. The van der Waals surface area contributed by atoms with Crippen LogP contribution in [0.5, 0.6) is 0 Å². The minimum atomic E-state index is -1.57. The number of esters is 2. The Morgan fingerprint density at radius 1 is 0.931 bits per heavy atom. The molecule has 1 rings (SSSR count). The van der Waals surface area contributed by atoms with E-state index in [9.17, 15) is 19.2 Å². The van der Waals surface area contributed by atoms with Crippen molar-refractivity contribution in [3.05, 3.63) is 29.8 Å². The Balaban J connectivity index is 2.09. The fourth-order valence-electron chi connectivity index (χ4n) is 2.12. The van der Waals surface area contributed by atoms with Crippen molar-refractivity contribution in [3.8, 4) is 0 Å². The summed E-state index contributed by atoms with van der Waals surface area (Å²) in [7, 11) is 0. The molecule has 29 heavy (non-hydrogen) atoms. The van der Waals surface area contributed by atoms with Crippen molar-refractivity contribution < 1.29 is 38.5 Å². The average molecular weight is 409 g/mol. The first-order chi connectivity index (χ1) is 13.9. The summed E-state index contributed by atoms with van der Waals surface area (Å²) < 4.78 is 15.1. The minimum absolute atomic E-state index is 0.0411. The highest BCUT2D eigenvalue weighted by atomic mass is 16.6. The van der Waals surface area contributed by atoms with Gasteiger partial charge in [-0.3, -0.25) is 9.59 Å². The Morgan fingerprint density at radius 2 is 1.59 bits per heavy atom. The summed E-state index contributed by atoms with van der Waals surface area (Å²) >= 11 is 0. The monoisotopic (exact) mass is 409 g/mol. The fraction of sp³-hybridized carbons (Fsp3) is 0.500. The summed E-state index contributed by atoms with van der Waals surface area (Å²) in [6, 6.07) is 7.01. The lowest BCUT2D eigenvalue weighted by Crippen LogP contribution is -2.17. The molecule has 0 saturated heterocycles. The zero-order chi connectivity index (χ0) is 21.5. The number of aliphatic carboxylic acids is 1. The van der Waals surface area contributed by atoms with Crippen molar-refractivity contribution in [2.24, 2.45) is 0 Å². The number of rotatable bonds is 15. The summed E-state index contributed by atoms with van der Waals surface area (Å²) in [6.07, 6.45) is 1.49. The number of carbonyl (C=O) groups excluding carboxylic acids is 3. The standard InChI is InChI=1S/C20H27NO8/c1-2-3-10-21-16-6-4-15(5-7-16)20(26)29-14-12-27-11-13-28-18(23)9-8-17(22)19(24)25/h4-7,21H,2-3,8-14H2,1H3,(H,24,25). The zero-order valence-corrected chi connectivity index (χ0v) is 16.5. The van der Waals surface area contributed by atoms with Gasteiger partial charge in [-0.25, -0.2) is 9.59 Å². The largest absolute Gasteiger partial charge is 0.476 e. The Bertz CT molecular complexity index is 672. The molecule has 0 aliphatic carbocycles. The molecule has 0 bridgehead atoms. The van der Waals surface area contributed by atoms with Gasteiger partial charge in [0.15, 0.2) is 0 Å². The number of ketones is 1. The van der Waals surface area contributed by atoms with Gasteiger partial charge in [0, 0.05) is 18.7 Å². The third-order valence-electron chi connectivity index (χ3n) is 3.73. The van der Waals surface area contributed by atoms with Crippen LogP contribution in [0.2, 0.25) is 0 Å². The van der Waals surface area contributed by atoms with Gasteiger partial charge in [-0.15, -0.1) is 0 Å². The van der Waals surface area contributed by atoms with E-state index in [0.717, 1.165) is 25.1 Å². The Hall–Kier alpha value is -2.94.